The van der Waals surface area contributed by atoms with Gasteiger partial charge in [0.05, 0.1) is 23.8 Å². The summed E-state index contributed by atoms with van der Waals surface area (Å²) in [5.41, 5.74) is 0. The number of cyclic esters (lactones) is 1. The minimum Gasteiger partial charge on any atom is -0.461 e. The number of rotatable bonds is 2. The molecule has 160 valence electrons. The molecule has 0 aromatic heterocycles. The Bertz CT molecular complexity index is 720. The molecule has 4 fully saturated rings. The van der Waals surface area contributed by atoms with Crippen LogP contribution in [-0.4, -0.2) is 53.3 Å². The zero-order chi connectivity index (χ0) is 20.9. The average molecular weight is 405 g/mol. The fraction of sp³-hybridized carbons (Fsp3) is 0.818. The Balaban J connectivity index is 1.76. The van der Waals surface area contributed by atoms with Crippen LogP contribution in [0.15, 0.2) is 0 Å². The van der Waals surface area contributed by atoms with Crippen molar-refractivity contribution in [2.45, 2.75) is 77.5 Å². The van der Waals surface area contributed by atoms with Crippen molar-refractivity contribution in [3.8, 4) is 0 Å². The van der Waals surface area contributed by atoms with Gasteiger partial charge in [0, 0.05) is 24.8 Å². The van der Waals surface area contributed by atoms with E-state index in [2.05, 4.69) is 0 Å². The molecule has 0 spiro atoms. The summed E-state index contributed by atoms with van der Waals surface area (Å²) in [6, 6.07) is -0.455. The number of carbonyl (C=O) groups is 4. The number of esters is 2. The average Bonchev–Trinajstić information content (AvgIpc) is 3.09. The zero-order valence-electron chi connectivity index (χ0n) is 17.5. The third kappa shape index (κ3) is 3.36. The van der Waals surface area contributed by atoms with Gasteiger partial charge in [-0.3, -0.25) is 19.2 Å². The second-order valence-electron chi connectivity index (χ2n) is 9.27. The molecule has 0 aromatic rings. The van der Waals surface area contributed by atoms with Crippen molar-refractivity contribution in [3.63, 3.8) is 0 Å². The van der Waals surface area contributed by atoms with Crippen LogP contribution in [0, 0.1) is 29.6 Å². The van der Waals surface area contributed by atoms with Crippen LogP contribution in [-0.2, 0) is 28.7 Å². The topological polar surface area (TPSA) is 90.0 Å². The van der Waals surface area contributed by atoms with Gasteiger partial charge in [-0.2, -0.15) is 0 Å². The van der Waals surface area contributed by atoms with Gasteiger partial charge in [0.1, 0.15) is 18.0 Å². The second-order valence-corrected chi connectivity index (χ2v) is 9.27. The maximum absolute atomic E-state index is 13.6. The van der Waals surface area contributed by atoms with Crippen LogP contribution in [0.3, 0.4) is 0 Å². The lowest BCUT2D eigenvalue weighted by atomic mass is 9.74. The molecule has 4 saturated heterocycles. The van der Waals surface area contributed by atoms with Gasteiger partial charge in [-0.05, 0) is 25.7 Å². The monoisotopic (exact) mass is 405 g/mol. The standard InChI is InChI=1S/C22H31NO6/c1-4-13-14-7-5-6-8-23(20(14)25)15(17-9-11(2)21(26)28-17)10-16(24)18-12(3)22(27)29-19(13)18/h11-15,17-19H,4-10H2,1-3H3/t11-,12+,13+,14+,15-,17-,18-,19+/m0/s1. The Morgan fingerprint density at radius 2 is 1.79 bits per heavy atom. The molecule has 2 bridgehead atoms. The fourth-order valence-electron chi connectivity index (χ4n) is 5.91. The smallest absolute Gasteiger partial charge is 0.309 e. The lowest BCUT2D eigenvalue weighted by Gasteiger charge is -2.36. The lowest BCUT2D eigenvalue weighted by Crippen LogP contribution is -2.50. The number of Topliss-reactive ketones (excluding diaryl/α,β-unsaturated/α-hetero) is 1. The SMILES string of the molecule is CC[C@H]1[C@H]2OC(=O)[C@H](C)[C@H]2C(=O)C[C@@H]([C@@H]2C[C@H](C)C(=O)O2)N2CCCC[C@H]1C2=O. The van der Waals surface area contributed by atoms with E-state index in [-0.39, 0.29) is 47.8 Å². The van der Waals surface area contributed by atoms with Crippen molar-refractivity contribution < 1.29 is 28.7 Å². The number of nitrogens with zero attached hydrogens (tertiary/aromatic N) is 1. The number of amides is 1. The minimum absolute atomic E-state index is 0.0269. The summed E-state index contributed by atoms with van der Waals surface area (Å²) >= 11 is 0. The Labute approximate surface area is 171 Å². The minimum atomic E-state index is -0.535. The summed E-state index contributed by atoms with van der Waals surface area (Å²) in [6.07, 6.45) is 2.84. The number of fused-ring (bicyclic) bond motifs is 3. The molecule has 4 rings (SSSR count). The number of hydrogen-bond acceptors (Lipinski definition) is 6. The molecule has 7 nitrogen and oxygen atoms in total. The second kappa shape index (κ2) is 7.73. The largest absolute Gasteiger partial charge is 0.461 e. The van der Waals surface area contributed by atoms with Gasteiger partial charge in [0.25, 0.3) is 0 Å². The summed E-state index contributed by atoms with van der Waals surface area (Å²) in [7, 11) is 0. The molecule has 8 atom stereocenters. The lowest BCUT2D eigenvalue weighted by molar-refractivity contribution is -0.153. The van der Waals surface area contributed by atoms with Gasteiger partial charge in [-0.25, -0.2) is 0 Å². The summed E-state index contributed by atoms with van der Waals surface area (Å²) in [4.78, 5) is 53.3. The van der Waals surface area contributed by atoms with Crippen molar-refractivity contribution in [3.05, 3.63) is 0 Å². The van der Waals surface area contributed by atoms with Crippen molar-refractivity contribution in [2.24, 2.45) is 29.6 Å². The van der Waals surface area contributed by atoms with Crippen LogP contribution in [0.5, 0.6) is 0 Å². The molecular formula is C22H31NO6. The van der Waals surface area contributed by atoms with E-state index in [1.807, 2.05) is 18.7 Å². The Morgan fingerprint density at radius 1 is 1.03 bits per heavy atom. The van der Waals surface area contributed by atoms with E-state index in [9.17, 15) is 19.2 Å². The number of hydrogen-bond donors (Lipinski definition) is 0. The molecule has 0 aromatic carbocycles. The van der Waals surface area contributed by atoms with Gasteiger partial charge in [-0.15, -0.1) is 0 Å². The predicted octanol–water partition coefficient (Wildman–Crippen LogP) is 2.11. The highest BCUT2D eigenvalue weighted by molar-refractivity contribution is 5.91. The van der Waals surface area contributed by atoms with E-state index >= 15 is 0 Å². The molecule has 0 aliphatic carbocycles. The van der Waals surface area contributed by atoms with Crippen molar-refractivity contribution in [2.75, 3.05) is 6.54 Å². The fourth-order valence-corrected chi connectivity index (χ4v) is 5.91. The molecule has 4 aliphatic heterocycles. The van der Waals surface area contributed by atoms with Gasteiger partial charge in [-0.1, -0.05) is 27.2 Å². The summed E-state index contributed by atoms with van der Waals surface area (Å²) in [5, 5.41) is 0. The van der Waals surface area contributed by atoms with Gasteiger partial charge >= 0.3 is 11.9 Å². The van der Waals surface area contributed by atoms with Crippen LogP contribution < -0.4 is 0 Å². The van der Waals surface area contributed by atoms with Gasteiger partial charge in [0.2, 0.25) is 5.91 Å². The molecule has 4 heterocycles. The van der Waals surface area contributed by atoms with E-state index < -0.39 is 30.1 Å². The third-order valence-corrected chi connectivity index (χ3v) is 7.56. The van der Waals surface area contributed by atoms with Crippen LogP contribution in [0.25, 0.3) is 0 Å². The van der Waals surface area contributed by atoms with Gasteiger partial charge < -0.3 is 14.4 Å². The van der Waals surface area contributed by atoms with Crippen LogP contribution in [0.2, 0.25) is 0 Å². The first kappa shape index (κ1) is 20.4. The Kier molecular flexibility index (Phi) is 5.42. The highest BCUT2D eigenvalue weighted by Crippen LogP contribution is 2.43. The number of carbonyl (C=O) groups excluding carboxylic acids is 4. The van der Waals surface area contributed by atoms with Gasteiger partial charge in [0.15, 0.2) is 0 Å². The van der Waals surface area contributed by atoms with Crippen LogP contribution >= 0.6 is 0 Å². The number of ether oxygens (including phenoxy) is 2. The Hall–Kier alpha value is -1.92. The quantitative estimate of drug-likeness (QED) is 0.654. The van der Waals surface area contributed by atoms with Crippen LogP contribution in [0.1, 0.15) is 59.3 Å². The third-order valence-electron chi connectivity index (χ3n) is 7.56. The molecule has 0 radical (unpaired) electrons. The molecule has 0 unspecified atom stereocenters. The summed E-state index contributed by atoms with van der Waals surface area (Å²) in [5.74, 6) is -2.32. The zero-order valence-corrected chi connectivity index (χ0v) is 17.5. The molecule has 4 aliphatic rings. The molecule has 0 saturated carbocycles. The molecular weight excluding hydrogens is 374 g/mol. The van der Waals surface area contributed by atoms with Crippen molar-refractivity contribution in [1.82, 2.24) is 4.90 Å². The first-order valence-electron chi connectivity index (χ1n) is 11.1. The summed E-state index contributed by atoms with van der Waals surface area (Å²) in [6.45, 7) is 6.15. The summed E-state index contributed by atoms with van der Waals surface area (Å²) < 4.78 is 11.3. The normalized spacial score (nSPS) is 43.1. The number of ketones is 1. The molecule has 7 heteroatoms. The highest BCUT2D eigenvalue weighted by Gasteiger charge is 2.55. The van der Waals surface area contributed by atoms with Crippen molar-refractivity contribution >= 4 is 23.6 Å². The predicted molar refractivity (Wildman–Crippen MR) is 102 cm³/mol. The first-order valence-corrected chi connectivity index (χ1v) is 11.1. The molecule has 0 N–H and O–H groups in total. The maximum atomic E-state index is 13.6. The van der Waals surface area contributed by atoms with E-state index in [1.54, 1.807) is 6.92 Å². The molecule has 1 amide bonds. The van der Waals surface area contributed by atoms with E-state index in [1.165, 1.54) is 0 Å². The first-order chi connectivity index (χ1) is 13.8. The molecule has 29 heavy (non-hydrogen) atoms. The maximum Gasteiger partial charge on any atom is 0.309 e. The van der Waals surface area contributed by atoms with E-state index in [4.69, 9.17) is 9.47 Å². The van der Waals surface area contributed by atoms with Crippen molar-refractivity contribution in [1.29, 1.82) is 0 Å². The van der Waals surface area contributed by atoms with Crippen LogP contribution in [0.4, 0.5) is 0 Å². The van der Waals surface area contributed by atoms with E-state index in [0.717, 1.165) is 19.3 Å². The Morgan fingerprint density at radius 3 is 2.45 bits per heavy atom. The van der Waals surface area contributed by atoms with E-state index in [0.29, 0.717) is 19.4 Å². The highest BCUT2D eigenvalue weighted by atomic mass is 16.6.